The second-order valence-corrected chi connectivity index (χ2v) is 6.01. The van der Waals surface area contributed by atoms with Gasteiger partial charge in [-0.15, -0.1) is 0 Å². The standard InChI is InChI=1S/C20H20N6O4/c1-3-25(14-9-5-4-6-10-14)19-17(26(28)29)18(21-13-22-19)23-24-20(27)15-11-7-8-12-16(15)30-2/h4-13H,3H2,1-2H3,(H,24,27)(H,21,22,23). The van der Waals surface area contributed by atoms with Gasteiger partial charge in [0, 0.05) is 12.2 Å². The number of carbonyl (C=O) groups is 1. The van der Waals surface area contributed by atoms with Crippen molar-refractivity contribution in [2.75, 3.05) is 24.0 Å². The molecule has 0 spiro atoms. The number of aromatic nitrogens is 2. The van der Waals surface area contributed by atoms with Gasteiger partial charge in [0.15, 0.2) is 0 Å². The third-order valence-electron chi connectivity index (χ3n) is 4.27. The Hall–Kier alpha value is -4.21. The molecular formula is C20H20N6O4. The van der Waals surface area contributed by atoms with E-state index in [9.17, 15) is 14.9 Å². The summed E-state index contributed by atoms with van der Waals surface area (Å²) in [5, 5.41) is 11.8. The Balaban J connectivity index is 1.91. The second-order valence-electron chi connectivity index (χ2n) is 6.01. The van der Waals surface area contributed by atoms with Crippen LogP contribution in [0.5, 0.6) is 5.75 Å². The van der Waals surface area contributed by atoms with Crippen LogP contribution < -0.4 is 20.5 Å². The monoisotopic (exact) mass is 408 g/mol. The lowest BCUT2D eigenvalue weighted by molar-refractivity contribution is -0.383. The van der Waals surface area contributed by atoms with Gasteiger partial charge in [0.2, 0.25) is 11.6 Å². The van der Waals surface area contributed by atoms with E-state index in [1.54, 1.807) is 29.2 Å². The molecule has 3 aromatic rings. The molecule has 0 aliphatic carbocycles. The molecular weight excluding hydrogens is 388 g/mol. The maximum Gasteiger partial charge on any atom is 0.355 e. The van der Waals surface area contributed by atoms with Gasteiger partial charge in [-0.1, -0.05) is 30.3 Å². The van der Waals surface area contributed by atoms with Crippen molar-refractivity contribution in [3.8, 4) is 5.75 Å². The number of hydrogen-bond donors (Lipinski definition) is 2. The van der Waals surface area contributed by atoms with Crippen LogP contribution in [-0.4, -0.2) is 34.5 Å². The molecule has 1 amide bonds. The van der Waals surface area contributed by atoms with Crippen molar-refractivity contribution in [1.29, 1.82) is 0 Å². The Kier molecular flexibility index (Phi) is 6.38. The third kappa shape index (κ3) is 4.27. The Morgan fingerprint density at radius 2 is 1.83 bits per heavy atom. The molecule has 1 aromatic heterocycles. The van der Waals surface area contributed by atoms with E-state index < -0.39 is 10.8 Å². The minimum absolute atomic E-state index is 0.109. The fourth-order valence-corrected chi connectivity index (χ4v) is 2.90. The predicted molar refractivity (Wildman–Crippen MR) is 112 cm³/mol. The van der Waals surface area contributed by atoms with Gasteiger partial charge in [-0.3, -0.25) is 25.8 Å². The number of nitrogens with one attached hydrogen (secondary N) is 2. The maximum absolute atomic E-state index is 12.5. The number of methoxy groups -OCH3 is 1. The predicted octanol–water partition coefficient (Wildman–Crippen LogP) is 3.31. The Bertz CT molecular complexity index is 1040. The fraction of sp³-hybridized carbons (Fsp3) is 0.150. The zero-order valence-electron chi connectivity index (χ0n) is 16.4. The third-order valence-corrected chi connectivity index (χ3v) is 4.27. The van der Waals surface area contributed by atoms with Crippen molar-refractivity contribution in [1.82, 2.24) is 15.4 Å². The van der Waals surface area contributed by atoms with E-state index in [0.717, 1.165) is 5.69 Å². The van der Waals surface area contributed by atoms with E-state index in [1.165, 1.54) is 13.4 Å². The molecule has 0 unspecified atom stereocenters. The molecule has 154 valence electrons. The molecule has 0 atom stereocenters. The highest BCUT2D eigenvalue weighted by Gasteiger charge is 2.27. The molecule has 3 rings (SSSR count). The summed E-state index contributed by atoms with van der Waals surface area (Å²) in [5.41, 5.74) is 5.62. The first kappa shape index (κ1) is 20.5. The molecule has 30 heavy (non-hydrogen) atoms. The molecule has 0 aliphatic rings. The van der Waals surface area contributed by atoms with Crippen LogP contribution in [0.15, 0.2) is 60.9 Å². The van der Waals surface area contributed by atoms with Gasteiger partial charge < -0.3 is 9.64 Å². The molecule has 0 fully saturated rings. The van der Waals surface area contributed by atoms with Crippen molar-refractivity contribution in [3.05, 3.63) is 76.6 Å². The molecule has 2 N–H and O–H groups in total. The minimum Gasteiger partial charge on any atom is -0.496 e. The van der Waals surface area contributed by atoms with Crippen molar-refractivity contribution in [3.63, 3.8) is 0 Å². The smallest absolute Gasteiger partial charge is 0.355 e. The van der Waals surface area contributed by atoms with Gasteiger partial charge in [0.25, 0.3) is 5.91 Å². The summed E-state index contributed by atoms with van der Waals surface area (Å²) in [4.78, 5) is 33.5. The van der Waals surface area contributed by atoms with Gasteiger partial charge in [0.1, 0.15) is 12.1 Å². The zero-order valence-corrected chi connectivity index (χ0v) is 16.4. The molecule has 0 saturated carbocycles. The molecule has 10 heteroatoms. The summed E-state index contributed by atoms with van der Waals surface area (Å²) in [6.07, 6.45) is 1.20. The first-order valence-electron chi connectivity index (χ1n) is 9.08. The summed E-state index contributed by atoms with van der Waals surface area (Å²) in [6, 6.07) is 15.8. The molecule has 0 aliphatic heterocycles. The van der Waals surface area contributed by atoms with Crippen LogP contribution >= 0.6 is 0 Å². The van der Waals surface area contributed by atoms with Gasteiger partial charge in [-0.05, 0) is 31.2 Å². The van der Waals surface area contributed by atoms with E-state index >= 15 is 0 Å². The Labute approximate surface area is 172 Å². The number of nitrogens with zero attached hydrogens (tertiary/aromatic N) is 4. The highest BCUT2D eigenvalue weighted by molar-refractivity contribution is 5.97. The van der Waals surface area contributed by atoms with Gasteiger partial charge in [0.05, 0.1) is 17.6 Å². The van der Waals surface area contributed by atoms with E-state index in [-0.39, 0.29) is 22.9 Å². The number of carbonyl (C=O) groups excluding carboxylic acids is 1. The largest absolute Gasteiger partial charge is 0.496 e. The number of hydrazine groups is 1. The van der Waals surface area contributed by atoms with Crippen LogP contribution in [0, 0.1) is 10.1 Å². The van der Waals surface area contributed by atoms with Gasteiger partial charge in [-0.2, -0.15) is 0 Å². The van der Waals surface area contributed by atoms with Gasteiger partial charge in [-0.25, -0.2) is 9.97 Å². The normalized spacial score (nSPS) is 10.2. The van der Waals surface area contributed by atoms with Crippen molar-refractivity contribution in [2.45, 2.75) is 6.92 Å². The van der Waals surface area contributed by atoms with Crippen LogP contribution in [0.4, 0.5) is 23.0 Å². The topological polar surface area (TPSA) is 123 Å². The average Bonchev–Trinajstić information content (AvgIpc) is 2.78. The molecule has 0 bridgehead atoms. The number of para-hydroxylation sites is 2. The van der Waals surface area contributed by atoms with Crippen molar-refractivity contribution in [2.24, 2.45) is 0 Å². The first-order valence-corrected chi connectivity index (χ1v) is 9.08. The van der Waals surface area contributed by atoms with E-state index in [0.29, 0.717) is 12.3 Å². The summed E-state index contributed by atoms with van der Waals surface area (Å²) in [7, 11) is 1.45. The lowest BCUT2D eigenvalue weighted by atomic mass is 10.2. The Morgan fingerprint density at radius 1 is 1.13 bits per heavy atom. The number of benzene rings is 2. The summed E-state index contributed by atoms with van der Waals surface area (Å²) in [6.45, 7) is 2.30. The van der Waals surface area contributed by atoms with Crippen molar-refractivity contribution >= 4 is 28.9 Å². The quantitative estimate of drug-likeness (QED) is 0.430. The molecule has 1 heterocycles. The highest BCUT2D eigenvalue weighted by Crippen LogP contribution is 2.35. The zero-order chi connectivity index (χ0) is 21.5. The number of rotatable bonds is 8. The summed E-state index contributed by atoms with van der Waals surface area (Å²) < 4.78 is 5.17. The first-order chi connectivity index (χ1) is 14.6. The number of nitro groups is 1. The number of amides is 1. The van der Waals surface area contributed by atoms with Crippen molar-refractivity contribution < 1.29 is 14.5 Å². The SMILES string of the molecule is CCN(c1ccccc1)c1ncnc(NNC(=O)c2ccccc2OC)c1[N+](=O)[O-]. The second kappa shape index (κ2) is 9.32. The van der Waals surface area contributed by atoms with Crippen LogP contribution in [0.1, 0.15) is 17.3 Å². The molecule has 2 aromatic carbocycles. The lowest BCUT2D eigenvalue weighted by Crippen LogP contribution is -2.31. The molecule has 0 saturated heterocycles. The average molecular weight is 408 g/mol. The Morgan fingerprint density at radius 3 is 2.50 bits per heavy atom. The van der Waals surface area contributed by atoms with Crippen LogP contribution in [0.3, 0.4) is 0 Å². The van der Waals surface area contributed by atoms with Crippen LogP contribution in [0.2, 0.25) is 0 Å². The maximum atomic E-state index is 12.5. The summed E-state index contributed by atoms with van der Waals surface area (Å²) >= 11 is 0. The van der Waals surface area contributed by atoms with E-state index in [1.807, 2.05) is 37.3 Å². The number of anilines is 3. The van der Waals surface area contributed by atoms with E-state index in [2.05, 4.69) is 20.8 Å². The lowest BCUT2D eigenvalue weighted by Gasteiger charge is -2.22. The number of ether oxygens (including phenoxy) is 1. The number of hydrogen-bond acceptors (Lipinski definition) is 8. The molecule has 0 radical (unpaired) electrons. The summed E-state index contributed by atoms with van der Waals surface area (Å²) in [5.74, 6) is -0.186. The molecule has 10 nitrogen and oxygen atoms in total. The fourth-order valence-electron chi connectivity index (χ4n) is 2.90. The van der Waals surface area contributed by atoms with Gasteiger partial charge >= 0.3 is 5.69 Å². The van der Waals surface area contributed by atoms with Crippen LogP contribution in [-0.2, 0) is 0 Å². The van der Waals surface area contributed by atoms with Crippen LogP contribution in [0.25, 0.3) is 0 Å². The van der Waals surface area contributed by atoms with E-state index in [4.69, 9.17) is 4.74 Å². The highest BCUT2D eigenvalue weighted by atomic mass is 16.6. The minimum atomic E-state index is -0.585.